The lowest BCUT2D eigenvalue weighted by atomic mass is 10.1. The average Bonchev–Trinajstić information content (AvgIpc) is 3.16. The molecule has 1 heterocycles. The van der Waals surface area contributed by atoms with Gasteiger partial charge in [0.1, 0.15) is 0 Å². The van der Waals surface area contributed by atoms with Gasteiger partial charge in [0.15, 0.2) is 0 Å². The standard InChI is InChI=1S/C26H22F3N3S/c1-17-8-12-20(13-9-17)19(3)31-32-24(21-14-10-18(2)11-15-21)16-33-25(32)30-23-7-5-4-6-22(23)26(27,28)29/h4-16H,1-3H3. The molecule has 0 amide bonds. The van der Waals surface area contributed by atoms with Crippen LogP contribution in [-0.2, 0) is 6.18 Å². The Kier molecular flexibility index (Phi) is 6.33. The Labute approximate surface area is 194 Å². The molecule has 0 saturated carbocycles. The summed E-state index contributed by atoms with van der Waals surface area (Å²) in [7, 11) is 0. The molecule has 0 saturated heterocycles. The smallest absolute Gasteiger partial charge is 0.219 e. The second-order valence-corrected chi connectivity index (χ2v) is 8.60. The first kappa shape index (κ1) is 22.7. The Hall–Kier alpha value is -3.45. The summed E-state index contributed by atoms with van der Waals surface area (Å²) >= 11 is 1.25. The highest BCUT2D eigenvalue weighted by Crippen LogP contribution is 2.36. The fourth-order valence-corrected chi connectivity index (χ4v) is 4.16. The number of alkyl halides is 3. The number of hydrogen-bond acceptors (Lipinski definition) is 3. The molecule has 0 aliphatic rings. The average molecular weight is 466 g/mol. The maximum Gasteiger partial charge on any atom is 0.418 e. The van der Waals surface area contributed by atoms with Crippen molar-refractivity contribution in [1.29, 1.82) is 0 Å². The molecule has 0 radical (unpaired) electrons. The first-order valence-corrected chi connectivity index (χ1v) is 11.2. The van der Waals surface area contributed by atoms with Crippen molar-refractivity contribution in [3.63, 3.8) is 0 Å². The van der Waals surface area contributed by atoms with Gasteiger partial charge >= 0.3 is 6.18 Å². The van der Waals surface area contributed by atoms with Gasteiger partial charge in [-0.3, -0.25) is 0 Å². The Morgan fingerprint density at radius 2 is 1.45 bits per heavy atom. The third kappa shape index (κ3) is 5.14. The van der Waals surface area contributed by atoms with Crippen molar-refractivity contribution in [2.45, 2.75) is 26.9 Å². The van der Waals surface area contributed by atoms with Gasteiger partial charge in [0, 0.05) is 10.9 Å². The lowest BCUT2D eigenvalue weighted by molar-refractivity contribution is -0.137. The molecule has 0 aliphatic carbocycles. The van der Waals surface area contributed by atoms with E-state index in [0.717, 1.165) is 39.7 Å². The lowest BCUT2D eigenvalue weighted by Crippen LogP contribution is -2.14. The van der Waals surface area contributed by atoms with Crippen LogP contribution in [-0.4, -0.2) is 10.4 Å². The van der Waals surface area contributed by atoms with E-state index in [0.29, 0.717) is 4.80 Å². The molecule has 3 aromatic carbocycles. The Morgan fingerprint density at radius 3 is 2.09 bits per heavy atom. The van der Waals surface area contributed by atoms with E-state index in [1.54, 1.807) is 10.7 Å². The molecule has 0 bridgehead atoms. The fourth-order valence-electron chi connectivity index (χ4n) is 3.31. The zero-order valence-corrected chi connectivity index (χ0v) is 19.2. The number of rotatable bonds is 4. The Balaban J connectivity index is 1.92. The molecule has 33 heavy (non-hydrogen) atoms. The van der Waals surface area contributed by atoms with Gasteiger partial charge in [-0.15, -0.1) is 11.3 Å². The van der Waals surface area contributed by atoms with Gasteiger partial charge in [-0.25, -0.2) is 9.67 Å². The molecular weight excluding hydrogens is 443 g/mol. The number of aryl methyl sites for hydroxylation is 2. The number of nitrogens with zero attached hydrogens (tertiary/aromatic N) is 3. The topological polar surface area (TPSA) is 29.6 Å². The van der Waals surface area contributed by atoms with E-state index in [4.69, 9.17) is 5.10 Å². The minimum absolute atomic E-state index is 0.140. The molecule has 168 valence electrons. The van der Waals surface area contributed by atoms with E-state index in [1.165, 1.54) is 23.5 Å². The van der Waals surface area contributed by atoms with Crippen LogP contribution < -0.4 is 4.80 Å². The van der Waals surface area contributed by atoms with Crippen molar-refractivity contribution in [3.05, 3.63) is 105 Å². The van der Waals surface area contributed by atoms with Crippen molar-refractivity contribution in [2.75, 3.05) is 0 Å². The van der Waals surface area contributed by atoms with E-state index in [1.807, 2.05) is 74.7 Å². The van der Waals surface area contributed by atoms with Crippen molar-refractivity contribution in [1.82, 2.24) is 4.68 Å². The van der Waals surface area contributed by atoms with Gasteiger partial charge in [-0.05, 0) is 38.5 Å². The van der Waals surface area contributed by atoms with Crippen LogP contribution in [0.2, 0.25) is 0 Å². The number of hydrogen-bond donors (Lipinski definition) is 0. The highest BCUT2D eigenvalue weighted by Gasteiger charge is 2.33. The van der Waals surface area contributed by atoms with Gasteiger partial charge < -0.3 is 0 Å². The van der Waals surface area contributed by atoms with E-state index < -0.39 is 11.7 Å². The fraction of sp³-hybridized carbons (Fsp3) is 0.154. The zero-order chi connectivity index (χ0) is 23.6. The summed E-state index contributed by atoms with van der Waals surface area (Å²) in [6.07, 6.45) is -4.50. The zero-order valence-electron chi connectivity index (χ0n) is 18.4. The molecule has 7 heteroatoms. The van der Waals surface area contributed by atoms with Crippen LogP contribution in [0, 0.1) is 13.8 Å². The van der Waals surface area contributed by atoms with Crippen LogP contribution in [0.4, 0.5) is 18.9 Å². The van der Waals surface area contributed by atoms with E-state index >= 15 is 0 Å². The molecular formula is C26H22F3N3S. The number of aromatic nitrogens is 1. The normalized spacial score (nSPS) is 12.9. The van der Waals surface area contributed by atoms with Gasteiger partial charge in [-0.1, -0.05) is 71.8 Å². The van der Waals surface area contributed by atoms with Crippen LogP contribution in [0.5, 0.6) is 0 Å². The predicted molar refractivity (Wildman–Crippen MR) is 128 cm³/mol. The van der Waals surface area contributed by atoms with Gasteiger partial charge in [0.25, 0.3) is 0 Å². The van der Waals surface area contributed by atoms with E-state index in [-0.39, 0.29) is 5.69 Å². The summed E-state index contributed by atoms with van der Waals surface area (Å²) in [5.41, 5.74) is 4.65. The molecule has 0 unspecified atom stereocenters. The minimum atomic E-state index is -4.50. The van der Waals surface area contributed by atoms with Gasteiger partial charge in [0.2, 0.25) is 4.80 Å². The molecule has 0 atom stereocenters. The molecule has 0 spiro atoms. The van der Waals surface area contributed by atoms with Crippen molar-refractivity contribution in [2.24, 2.45) is 10.1 Å². The van der Waals surface area contributed by atoms with Crippen LogP contribution in [0.3, 0.4) is 0 Å². The second-order valence-electron chi connectivity index (χ2n) is 7.76. The second kappa shape index (κ2) is 9.19. The SMILES string of the molecule is CC(=Nn1c(-c2ccc(C)cc2)csc1=Nc1ccccc1C(F)(F)F)c1ccc(C)cc1. The number of halogens is 3. The van der Waals surface area contributed by atoms with Crippen LogP contribution in [0.15, 0.2) is 88.3 Å². The van der Waals surface area contributed by atoms with Crippen molar-refractivity contribution in [3.8, 4) is 11.3 Å². The maximum absolute atomic E-state index is 13.5. The Bertz CT molecular complexity index is 1360. The highest BCUT2D eigenvalue weighted by atomic mass is 32.1. The Morgan fingerprint density at radius 1 is 0.848 bits per heavy atom. The monoisotopic (exact) mass is 465 g/mol. The van der Waals surface area contributed by atoms with Crippen LogP contribution in [0.1, 0.15) is 29.2 Å². The first-order valence-electron chi connectivity index (χ1n) is 10.3. The molecule has 1 aromatic heterocycles. The third-order valence-corrected chi connectivity index (χ3v) is 5.99. The summed E-state index contributed by atoms with van der Waals surface area (Å²) in [6.45, 7) is 5.89. The van der Waals surface area contributed by atoms with Gasteiger partial charge in [-0.2, -0.15) is 18.3 Å². The molecule has 4 rings (SSSR count). The van der Waals surface area contributed by atoms with E-state index in [9.17, 15) is 13.2 Å². The number of para-hydroxylation sites is 1. The molecule has 4 aromatic rings. The largest absolute Gasteiger partial charge is 0.418 e. The van der Waals surface area contributed by atoms with Gasteiger partial charge in [0.05, 0.1) is 22.7 Å². The highest BCUT2D eigenvalue weighted by molar-refractivity contribution is 7.07. The maximum atomic E-state index is 13.5. The third-order valence-electron chi connectivity index (χ3n) is 5.18. The quantitative estimate of drug-likeness (QED) is 0.282. The molecule has 0 aliphatic heterocycles. The molecule has 3 nitrogen and oxygen atoms in total. The van der Waals surface area contributed by atoms with E-state index in [2.05, 4.69) is 4.99 Å². The molecule has 0 N–H and O–H groups in total. The summed E-state index contributed by atoms with van der Waals surface area (Å²) in [5, 5.41) is 6.64. The summed E-state index contributed by atoms with van der Waals surface area (Å²) < 4.78 is 42.2. The molecule has 0 fully saturated rings. The predicted octanol–water partition coefficient (Wildman–Crippen LogP) is 7.36. The summed E-state index contributed by atoms with van der Waals surface area (Å²) in [5.74, 6) is 0. The minimum Gasteiger partial charge on any atom is -0.219 e. The van der Waals surface area contributed by atoms with Crippen LogP contribution in [0.25, 0.3) is 11.3 Å². The first-order chi connectivity index (χ1) is 15.7. The lowest BCUT2D eigenvalue weighted by Gasteiger charge is -2.10. The number of benzene rings is 3. The summed E-state index contributed by atoms with van der Waals surface area (Å²) in [6, 6.07) is 21.2. The van der Waals surface area contributed by atoms with Crippen LogP contribution >= 0.6 is 11.3 Å². The summed E-state index contributed by atoms with van der Waals surface area (Å²) in [4.78, 5) is 4.74. The number of thiazole rings is 1. The van der Waals surface area contributed by atoms with Crippen molar-refractivity contribution >= 4 is 22.7 Å². The van der Waals surface area contributed by atoms with Crippen molar-refractivity contribution < 1.29 is 13.2 Å².